The molecule has 0 unspecified atom stereocenters. The number of nitrogens with one attached hydrogen (secondary N) is 1. The average molecular weight is 437 g/mol. The minimum Gasteiger partial charge on any atom is -0.481 e. The van der Waals surface area contributed by atoms with E-state index in [1.165, 1.54) is 0 Å². The first-order valence-corrected chi connectivity index (χ1v) is 9.25. The van der Waals surface area contributed by atoms with Crippen LogP contribution in [0.3, 0.4) is 0 Å². The van der Waals surface area contributed by atoms with Crippen molar-refractivity contribution < 1.29 is 53.4 Å². The molecule has 0 bridgehead atoms. The van der Waals surface area contributed by atoms with Gasteiger partial charge in [-0.2, -0.15) is 0 Å². The van der Waals surface area contributed by atoms with E-state index in [1.54, 1.807) is 20.8 Å². The summed E-state index contributed by atoms with van der Waals surface area (Å²) in [5, 5.41) is 28.8. The number of ether oxygens (including phenoxy) is 4. The van der Waals surface area contributed by atoms with Gasteiger partial charge in [0.1, 0.15) is 11.1 Å². The molecule has 4 N–H and O–H groups in total. The molecule has 0 rings (SSSR count). The highest BCUT2D eigenvalue weighted by molar-refractivity contribution is 5.69. The summed E-state index contributed by atoms with van der Waals surface area (Å²) in [6.45, 7) is 3.80. The van der Waals surface area contributed by atoms with E-state index in [-0.39, 0.29) is 58.9 Å². The van der Waals surface area contributed by atoms with E-state index in [0.29, 0.717) is 0 Å². The molecule has 0 aromatic carbocycles. The number of amides is 1. The zero-order valence-electron chi connectivity index (χ0n) is 17.5. The summed E-state index contributed by atoms with van der Waals surface area (Å²) in [5.41, 5.74) is -2.17. The fraction of sp³-hybridized carbons (Fsp3) is 0.778. The molecule has 174 valence electrons. The number of hydrogen-bond donors (Lipinski definition) is 4. The molecule has 0 saturated heterocycles. The van der Waals surface area contributed by atoms with Gasteiger partial charge in [0.15, 0.2) is 0 Å². The lowest BCUT2D eigenvalue weighted by atomic mass is 10.0. The predicted molar refractivity (Wildman–Crippen MR) is 101 cm³/mol. The first-order chi connectivity index (χ1) is 13.9. The Kier molecular flexibility index (Phi) is 12.6. The molecule has 0 aliphatic heterocycles. The maximum atomic E-state index is 12.3. The summed E-state index contributed by atoms with van der Waals surface area (Å²) in [7, 11) is 0. The van der Waals surface area contributed by atoms with Gasteiger partial charge in [-0.05, 0) is 20.8 Å². The number of carboxylic acid groups (broad SMARTS) is 3. The van der Waals surface area contributed by atoms with Crippen molar-refractivity contribution in [1.82, 2.24) is 5.32 Å². The van der Waals surface area contributed by atoms with Gasteiger partial charge in [-0.15, -0.1) is 0 Å². The number of carbonyl (C=O) groups excluding carboxylic acids is 1. The van der Waals surface area contributed by atoms with Gasteiger partial charge in [0.2, 0.25) is 0 Å². The van der Waals surface area contributed by atoms with Gasteiger partial charge in [-0.3, -0.25) is 14.4 Å². The van der Waals surface area contributed by atoms with E-state index in [0.717, 1.165) is 0 Å². The van der Waals surface area contributed by atoms with E-state index in [9.17, 15) is 19.2 Å². The Morgan fingerprint density at radius 3 is 1.30 bits per heavy atom. The first-order valence-electron chi connectivity index (χ1n) is 9.25. The summed E-state index contributed by atoms with van der Waals surface area (Å²) < 4.78 is 21.3. The molecule has 0 aromatic rings. The Balaban J connectivity index is 5.26. The van der Waals surface area contributed by atoms with E-state index in [4.69, 9.17) is 34.3 Å². The third kappa shape index (κ3) is 15.5. The molecular formula is C18H31NO11. The maximum Gasteiger partial charge on any atom is 0.408 e. The number of hydrogen-bond acceptors (Lipinski definition) is 8. The molecule has 12 heteroatoms. The zero-order valence-corrected chi connectivity index (χ0v) is 17.5. The lowest BCUT2D eigenvalue weighted by Gasteiger charge is -2.34. The van der Waals surface area contributed by atoms with Crippen LogP contribution in [0.1, 0.15) is 40.0 Å². The summed E-state index contributed by atoms with van der Waals surface area (Å²) in [5.74, 6) is -3.22. The molecule has 0 saturated carbocycles. The molecular weight excluding hydrogens is 406 g/mol. The van der Waals surface area contributed by atoms with Crippen LogP contribution < -0.4 is 5.32 Å². The van der Waals surface area contributed by atoms with Crippen LogP contribution in [-0.2, 0) is 33.3 Å². The van der Waals surface area contributed by atoms with Crippen LogP contribution in [0, 0.1) is 0 Å². The Morgan fingerprint density at radius 2 is 1.03 bits per heavy atom. The van der Waals surface area contributed by atoms with E-state index < -0.39 is 35.1 Å². The fourth-order valence-electron chi connectivity index (χ4n) is 2.03. The summed E-state index contributed by atoms with van der Waals surface area (Å²) in [4.78, 5) is 44.3. The summed E-state index contributed by atoms with van der Waals surface area (Å²) in [6.07, 6.45) is -1.65. The average Bonchev–Trinajstić information content (AvgIpc) is 2.57. The minimum atomic E-state index is -1.36. The second-order valence-electron chi connectivity index (χ2n) is 7.50. The number of rotatable bonds is 16. The van der Waals surface area contributed by atoms with E-state index >= 15 is 0 Å². The Labute approximate surface area is 174 Å². The van der Waals surface area contributed by atoms with Crippen LogP contribution >= 0.6 is 0 Å². The van der Waals surface area contributed by atoms with Crippen molar-refractivity contribution in [3.63, 3.8) is 0 Å². The molecule has 0 fully saturated rings. The highest BCUT2D eigenvalue weighted by atomic mass is 16.6. The number of aliphatic carboxylic acids is 3. The van der Waals surface area contributed by atoms with Crippen LogP contribution in [0.2, 0.25) is 0 Å². The van der Waals surface area contributed by atoms with Crippen molar-refractivity contribution in [3.05, 3.63) is 0 Å². The highest BCUT2D eigenvalue weighted by Crippen LogP contribution is 2.13. The molecule has 0 spiro atoms. The van der Waals surface area contributed by atoms with Gasteiger partial charge in [0, 0.05) is 0 Å². The Hall–Kier alpha value is -2.44. The molecule has 0 atom stereocenters. The van der Waals surface area contributed by atoms with Crippen molar-refractivity contribution in [2.75, 3.05) is 39.6 Å². The largest absolute Gasteiger partial charge is 0.481 e. The zero-order chi connectivity index (χ0) is 23.2. The van der Waals surface area contributed by atoms with Crippen molar-refractivity contribution >= 4 is 24.0 Å². The topological polar surface area (TPSA) is 178 Å². The number of carboxylic acids is 3. The SMILES string of the molecule is CC(C)(C)OC(=O)NC(COCCC(=O)O)(COCCC(=O)O)COCCC(=O)O. The second-order valence-corrected chi connectivity index (χ2v) is 7.50. The molecule has 30 heavy (non-hydrogen) atoms. The fourth-order valence-corrected chi connectivity index (χ4v) is 2.03. The van der Waals surface area contributed by atoms with Crippen LogP contribution in [-0.4, -0.2) is 90.1 Å². The van der Waals surface area contributed by atoms with Crippen molar-refractivity contribution in [2.24, 2.45) is 0 Å². The van der Waals surface area contributed by atoms with Gasteiger partial charge in [0.25, 0.3) is 0 Å². The smallest absolute Gasteiger partial charge is 0.408 e. The molecule has 0 aliphatic carbocycles. The maximum absolute atomic E-state index is 12.3. The third-order valence-electron chi connectivity index (χ3n) is 3.28. The monoisotopic (exact) mass is 437 g/mol. The van der Waals surface area contributed by atoms with Crippen molar-refractivity contribution in [1.29, 1.82) is 0 Å². The third-order valence-corrected chi connectivity index (χ3v) is 3.28. The second kappa shape index (κ2) is 13.7. The summed E-state index contributed by atoms with van der Waals surface area (Å²) in [6, 6.07) is 0. The van der Waals surface area contributed by atoms with E-state index in [1.807, 2.05) is 0 Å². The lowest BCUT2D eigenvalue weighted by molar-refractivity contribution is -0.139. The van der Waals surface area contributed by atoms with Gasteiger partial charge < -0.3 is 39.6 Å². The molecule has 0 radical (unpaired) electrons. The van der Waals surface area contributed by atoms with Gasteiger partial charge in [-0.1, -0.05) is 0 Å². The highest BCUT2D eigenvalue weighted by Gasteiger charge is 2.35. The predicted octanol–water partition coefficient (Wildman–Crippen LogP) is 0.724. The van der Waals surface area contributed by atoms with E-state index in [2.05, 4.69) is 5.32 Å². The van der Waals surface area contributed by atoms with Crippen LogP contribution in [0.15, 0.2) is 0 Å². The van der Waals surface area contributed by atoms with Crippen molar-refractivity contribution in [3.8, 4) is 0 Å². The van der Waals surface area contributed by atoms with Gasteiger partial charge in [0.05, 0.1) is 58.9 Å². The number of carbonyl (C=O) groups is 4. The van der Waals surface area contributed by atoms with Crippen LogP contribution in [0.5, 0.6) is 0 Å². The van der Waals surface area contributed by atoms with Gasteiger partial charge >= 0.3 is 24.0 Å². The first kappa shape index (κ1) is 27.6. The normalized spacial score (nSPS) is 11.7. The molecule has 0 aliphatic rings. The van der Waals surface area contributed by atoms with Gasteiger partial charge in [-0.25, -0.2) is 4.79 Å². The standard InChI is InChI=1S/C18H31NO11/c1-17(2,3)30-16(26)19-18(10-27-7-4-13(20)21,11-28-8-5-14(22)23)12-29-9-6-15(24)25/h4-12H2,1-3H3,(H,19,26)(H,20,21)(H,22,23)(H,24,25). The minimum absolute atomic E-state index is 0.155. The lowest BCUT2D eigenvalue weighted by Crippen LogP contribution is -2.59. The van der Waals surface area contributed by atoms with Crippen molar-refractivity contribution in [2.45, 2.75) is 51.2 Å². The quantitative estimate of drug-likeness (QED) is 0.250. The molecule has 0 heterocycles. The van der Waals surface area contributed by atoms with Crippen LogP contribution in [0.25, 0.3) is 0 Å². The van der Waals surface area contributed by atoms with Crippen LogP contribution in [0.4, 0.5) is 4.79 Å². The Bertz CT molecular complexity index is 516. The molecule has 0 aromatic heterocycles. The Morgan fingerprint density at radius 1 is 0.700 bits per heavy atom. The summed E-state index contributed by atoms with van der Waals surface area (Å²) >= 11 is 0. The molecule has 1 amide bonds. The number of alkyl carbamates (subject to hydrolysis) is 1. The molecule has 12 nitrogen and oxygen atoms in total.